The summed E-state index contributed by atoms with van der Waals surface area (Å²) in [6.07, 6.45) is 3.64. The number of sulfonamides is 1. The Hall–Kier alpha value is -3.47. The highest BCUT2D eigenvalue weighted by Crippen LogP contribution is 2.16. The van der Waals surface area contributed by atoms with Crippen molar-refractivity contribution < 1.29 is 32.3 Å². The number of ether oxygens (including phenoxy) is 2. The second-order valence-electron chi connectivity index (χ2n) is 7.40. The van der Waals surface area contributed by atoms with Crippen LogP contribution in [0.15, 0.2) is 47.5 Å². The summed E-state index contributed by atoms with van der Waals surface area (Å²) in [4.78, 5) is 41.8. The standard InChI is InChI=1S/C23H29N3O7S/c1-4-6-13-26(14-7-5-2)22(28)17-9-8-10-19(15-17)34(30,31)25-21(27)18-11-12-20(24-16-18)33-23(29)32-3/h8-12,15-16H,4-7,13-14H2,1-3H3,(H,25,27). The van der Waals surface area contributed by atoms with E-state index in [0.29, 0.717) is 13.1 Å². The first-order chi connectivity index (χ1) is 16.2. The molecule has 0 spiro atoms. The van der Waals surface area contributed by atoms with Crippen LogP contribution < -0.4 is 9.46 Å². The van der Waals surface area contributed by atoms with Crippen LogP contribution >= 0.6 is 0 Å². The van der Waals surface area contributed by atoms with Gasteiger partial charge < -0.3 is 14.4 Å². The Kier molecular flexibility index (Phi) is 9.99. The number of aromatic nitrogens is 1. The van der Waals surface area contributed by atoms with Gasteiger partial charge in [-0.2, -0.15) is 0 Å². The van der Waals surface area contributed by atoms with Gasteiger partial charge in [0.2, 0.25) is 5.88 Å². The zero-order valence-corrected chi connectivity index (χ0v) is 20.3. The summed E-state index contributed by atoms with van der Waals surface area (Å²) in [5.74, 6) is -1.30. The third-order valence-electron chi connectivity index (χ3n) is 4.82. The lowest BCUT2D eigenvalue weighted by Gasteiger charge is -2.22. The van der Waals surface area contributed by atoms with Gasteiger partial charge in [0.25, 0.3) is 21.8 Å². The maximum absolute atomic E-state index is 13.0. The lowest BCUT2D eigenvalue weighted by molar-refractivity contribution is 0.0750. The number of nitrogens with zero attached hydrogens (tertiary/aromatic N) is 2. The molecule has 0 atom stereocenters. The summed E-state index contributed by atoms with van der Waals surface area (Å²) in [6, 6.07) is 8.05. The topological polar surface area (TPSA) is 132 Å². The zero-order chi connectivity index (χ0) is 25.1. The summed E-state index contributed by atoms with van der Waals surface area (Å²) in [5.41, 5.74) is 0.159. The molecule has 2 aromatic rings. The molecule has 0 radical (unpaired) electrons. The van der Waals surface area contributed by atoms with Crippen LogP contribution in [0.1, 0.15) is 60.2 Å². The minimum Gasteiger partial charge on any atom is -0.437 e. The molecule has 1 aromatic heterocycles. The Bertz CT molecular complexity index is 1090. The molecule has 0 bridgehead atoms. The molecule has 0 fully saturated rings. The van der Waals surface area contributed by atoms with Crippen LogP contribution in [0.4, 0.5) is 4.79 Å². The fraction of sp³-hybridized carbons (Fsp3) is 0.391. The molecule has 0 aliphatic rings. The Morgan fingerprint density at radius 1 is 1.00 bits per heavy atom. The van der Waals surface area contributed by atoms with Crippen molar-refractivity contribution in [2.24, 2.45) is 0 Å². The van der Waals surface area contributed by atoms with E-state index in [1.165, 1.54) is 30.3 Å². The number of methoxy groups -OCH3 is 1. The second-order valence-corrected chi connectivity index (χ2v) is 9.09. The van der Waals surface area contributed by atoms with Crippen LogP contribution in [0.3, 0.4) is 0 Å². The Morgan fingerprint density at radius 2 is 1.68 bits per heavy atom. The molecule has 10 nitrogen and oxygen atoms in total. The Morgan fingerprint density at radius 3 is 2.24 bits per heavy atom. The minimum atomic E-state index is -4.26. The van der Waals surface area contributed by atoms with Gasteiger partial charge in [0.15, 0.2) is 0 Å². The molecular formula is C23H29N3O7S. The molecule has 11 heteroatoms. The number of nitrogens with one attached hydrogen (secondary N) is 1. The molecule has 0 saturated carbocycles. The average Bonchev–Trinajstić information content (AvgIpc) is 2.84. The maximum atomic E-state index is 13.0. The molecule has 0 unspecified atom stereocenters. The maximum Gasteiger partial charge on any atom is 0.514 e. The Labute approximate surface area is 199 Å². The van der Waals surface area contributed by atoms with Crippen molar-refractivity contribution in [2.75, 3.05) is 20.2 Å². The SMILES string of the molecule is CCCCN(CCCC)C(=O)c1cccc(S(=O)(=O)NC(=O)c2ccc(OC(=O)OC)nc2)c1. The van der Waals surface area contributed by atoms with Gasteiger partial charge in [0.05, 0.1) is 17.6 Å². The molecule has 1 N–H and O–H groups in total. The molecule has 1 heterocycles. The summed E-state index contributed by atoms with van der Waals surface area (Å²) < 4.78 is 36.6. The second kappa shape index (κ2) is 12.7. The molecule has 0 aliphatic heterocycles. The molecule has 2 amide bonds. The van der Waals surface area contributed by atoms with Crippen molar-refractivity contribution in [3.8, 4) is 5.88 Å². The lowest BCUT2D eigenvalue weighted by atomic mass is 10.1. The number of carbonyl (C=O) groups excluding carboxylic acids is 3. The van der Waals surface area contributed by atoms with Crippen LogP contribution in [0.5, 0.6) is 5.88 Å². The van der Waals surface area contributed by atoms with Crippen molar-refractivity contribution in [3.05, 3.63) is 53.7 Å². The number of unbranched alkanes of at least 4 members (excludes halogenated alkanes) is 2. The molecule has 0 saturated heterocycles. The molecular weight excluding hydrogens is 462 g/mol. The van der Waals surface area contributed by atoms with E-state index in [1.807, 2.05) is 18.6 Å². The number of hydrogen-bond donors (Lipinski definition) is 1. The quantitative estimate of drug-likeness (QED) is 0.473. The summed E-state index contributed by atoms with van der Waals surface area (Å²) >= 11 is 0. The third kappa shape index (κ3) is 7.55. The van der Waals surface area contributed by atoms with Crippen molar-refractivity contribution in [1.29, 1.82) is 0 Å². The number of hydrogen-bond acceptors (Lipinski definition) is 8. The number of carbonyl (C=O) groups is 3. The van der Waals surface area contributed by atoms with Crippen molar-refractivity contribution in [2.45, 2.75) is 44.4 Å². The van der Waals surface area contributed by atoms with Gasteiger partial charge in [-0.3, -0.25) is 9.59 Å². The highest BCUT2D eigenvalue weighted by atomic mass is 32.2. The normalized spacial score (nSPS) is 10.9. The van der Waals surface area contributed by atoms with Gasteiger partial charge >= 0.3 is 6.16 Å². The lowest BCUT2D eigenvalue weighted by Crippen LogP contribution is -2.33. The summed E-state index contributed by atoms with van der Waals surface area (Å²) in [6.45, 7) is 5.25. The number of benzene rings is 1. The number of rotatable bonds is 11. The average molecular weight is 492 g/mol. The van der Waals surface area contributed by atoms with Crippen LogP contribution in [0.25, 0.3) is 0 Å². The molecule has 2 rings (SSSR count). The molecule has 1 aromatic carbocycles. The van der Waals surface area contributed by atoms with Gasteiger partial charge in [-0.05, 0) is 37.1 Å². The van der Waals surface area contributed by atoms with Crippen molar-refractivity contribution >= 4 is 28.0 Å². The highest BCUT2D eigenvalue weighted by Gasteiger charge is 2.22. The zero-order valence-electron chi connectivity index (χ0n) is 19.4. The van der Waals surface area contributed by atoms with Crippen LogP contribution in [0, 0.1) is 0 Å². The largest absolute Gasteiger partial charge is 0.514 e. The monoisotopic (exact) mass is 491 g/mol. The third-order valence-corrected chi connectivity index (χ3v) is 6.15. The van der Waals surface area contributed by atoms with Crippen molar-refractivity contribution in [1.82, 2.24) is 14.6 Å². The fourth-order valence-electron chi connectivity index (χ4n) is 2.93. The van der Waals surface area contributed by atoms with Gasteiger partial charge in [0, 0.05) is 30.9 Å². The first-order valence-electron chi connectivity index (χ1n) is 10.9. The Balaban J connectivity index is 2.17. The first kappa shape index (κ1) is 26.8. The smallest absolute Gasteiger partial charge is 0.437 e. The van der Waals surface area contributed by atoms with Crippen LogP contribution in [-0.2, 0) is 14.8 Å². The van der Waals surface area contributed by atoms with Gasteiger partial charge in [-0.1, -0.05) is 32.8 Å². The van der Waals surface area contributed by atoms with E-state index < -0.39 is 22.1 Å². The molecule has 34 heavy (non-hydrogen) atoms. The van der Waals surface area contributed by atoms with E-state index in [4.69, 9.17) is 4.74 Å². The van der Waals surface area contributed by atoms with E-state index in [0.717, 1.165) is 39.0 Å². The molecule has 184 valence electrons. The van der Waals surface area contributed by atoms with Crippen LogP contribution in [0.2, 0.25) is 0 Å². The van der Waals surface area contributed by atoms with Gasteiger partial charge in [-0.25, -0.2) is 22.9 Å². The summed E-state index contributed by atoms with van der Waals surface area (Å²) in [5, 5.41) is 0. The minimum absolute atomic E-state index is 0.0710. The number of amides is 2. The van der Waals surface area contributed by atoms with E-state index in [2.05, 4.69) is 9.72 Å². The predicted octanol–water partition coefficient (Wildman–Crippen LogP) is 3.39. The van der Waals surface area contributed by atoms with Gasteiger partial charge in [-0.15, -0.1) is 0 Å². The fourth-order valence-corrected chi connectivity index (χ4v) is 3.95. The van der Waals surface area contributed by atoms with Gasteiger partial charge in [0.1, 0.15) is 0 Å². The van der Waals surface area contributed by atoms with E-state index in [-0.39, 0.29) is 27.8 Å². The predicted molar refractivity (Wildman–Crippen MR) is 124 cm³/mol. The van der Waals surface area contributed by atoms with E-state index in [9.17, 15) is 22.8 Å². The highest BCUT2D eigenvalue weighted by molar-refractivity contribution is 7.90. The first-order valence-corrected chi connectivity index (χ1v) is 12.4. The number of pyridine rings is 1. The van der Waals surface area contributed by atoms with Crippen molar-refractivity contribution in [3.63, 3.8) is 0 Å². The van der Waals surface area contributed by atoms with E-state index in [1.54, 1.807) is 11.0 Å². The summed E-state index contributed by atoms with van der Waals surface area (Å²) in [7, 11) is -3.13. The molecule has 0 aliphatic carbocycles. The van der Waals surface area contributed by atoms with Crippen LogP contribution in [-0.4, -0.2) is 56.5 Å². The van der Waals surface area contributed by atoms with E-state index >= 15 is 0 Å².